The molecule has 0 aromatic heterocycles. The largest absolute Gasteiger partial charge is 0.380 e. The molecule has 0 fully saturated rings. The predicted octanol–water partition coefficient (Wildman–Crippen LogP) is 4.21. The topological polar surface area (TPSA) is 317 Å². The average molecular weight is 1170 g/mol. The first-order valence-corrected chi connectivity index (χ1v) is 29.2. The molecule has 0 spiro atoms. The number of aliphatic hydroxyl groups is 1. The van der Waals surface area contributed by atoms with Crippen molar-refractivity contribution in [2.75, 3.05) is 45.7 Å². The summed E-state index contributed by atoms with van der Waals surface area (Å²) < 4.78 is 35.4. The molecular formula is C59H92N10O12S. The minimum atomic E-state index is -4.50. The van der Waals surface area contributed by atoms with E-state index >= 15 is 0 Å². The predicted molar refractivity (Wildman–Crippen MR) is 315 cm³/mol. The van der Waals surface area contributed by atoms with Gasteiger partial charge in [-0.25, -0.2) is 17.9 Å². The number of urea groups is 1. The minimum absolute atomic E-state index is 0.0000855. The number of hydrogen-bond acceptors (Lipinski definition) is 13. The van der Waals surface area contributed by atoms with Crippen LogP contribution < -0.4 is 42.4 Å². The quantitative estimate of drug-likeness (QED) is 0.0392. The van der Waals surface area contributed by atoms with Gasteiger partial charge in [-0.2, -0.15) is 0 Å². The van der Waals surface area contributed by atoms with Gasteiger partial charge in [0.25, 0.3) is 15.9 Å². The molecule has 82 heavy (non-hydrogen) atoms. The second-order valence-corrected chi connectivity index (χ2v) is 26.8. The summed E-state index contributed by atoms with van der Waals surface area (Å²) in [7, 11) is -1.24. The Balaban J connectivity index is 1.72. The number of carbonyl (C=O) groups is 8. The van der Waals surface area contributed by atoms with Crippen LogP contribution in [0.1, 0.15) is 122 Å². The summed E-state index contributed by atoms with van der Waals surface area (Å²) in [5.41, 5.74) is 3.68. The van der Waals surface area contributed by atoms with Crippen LogP contribution in [0.3, 0.4) is 0 Å². The third-order valence-corrected chi connectivity index (χ3v) is 15.6. The SMILES string of the molecule is CN[C@H](C(=O)N[C@H](C(=O)N(C)[C@H](/C=C(\C)C(=O)NS(=O)(=O)c1ccc(NC(=O)[C@H](CCCNC(N)=O)NC(=O)[C@@H](NC(=O)CC(C)(C)COCC(C)(C)CN2C(=O)C=CC2O)C(C)C)cc1)C(C)C)C(C)(C)C)C(C)(C)c1ccccc1. The highest BCUT2D eigenvalue weighted by molar-refractivity contribution is 7.90. The molecule has 2 aromatic carbocycles. The number of primary amides is 1. The first kappa shape index (κ1) is 69.6. The minimum Gasteiger partial charge on any atom is -0.380 e. The van der Waals surface area contributed by atoms with Crippen molar-refractivity contribution in [2.45, 2.75) is 163 Å². The molecule has 456 valence electrons. The number of ether oxygens (including phenoxy) is 1. The lowest BCUT2D eigenvalue weighted by atomic mass is 9.76. The van der Waals surface area contributed by atoms with Gasteiger partial charge < -0.3 is 57.3 Å². The second-order valence-electron chi connectivity index (χ2n) is 25.1. The van der Waals surface area contributed by atoms with Crippen molar-refractivity contribution in [1.29, 1.82) is 0 Å². The van der Waals surface area contributed by atoms with Gasteiger partial charge in [-0.3, -0.25) is 33.6 Å². The summed E-state index contributed by atoms with van der Waals surface area (Å²) >= 11 is 0. The van der Waals surface area contributed by atoms with Crippen molar-refractivity contribution in [3.05, 3.63) is 84.0 Å². The van der Waals surface area contributed by atoms with Crippen LogP contribution >= 0.6 is 0 Å². The molecule has 0 saturated heterocycles. The Hall–Kier alpha value is -6.69. The summed E-state index contributed by atoms with van der Waals surface area (Å²) in [6, 6.07) is 9.05. The van der Waals surface area contributed by atoms with Crippen LogP contribution in [0.4, 0.5) is 10.5 Å². The molecule has 0 saturated carbocycles. The maximum absolute atomic E-state index is 14.4. The fraction of sp³-hybridized carbons (Fsp3) is 0.593. The fourth-order valence-corrected chi connectivity index (χ4v) is 10.5. The van der Waals surface area contributed by atoms with Crippen LogP contribution in [0.25, 0.3) is 0 Å². The van der Waals surface area contributed by atoms with Gasteiger partial charge in [-0.1, -0.05) is 126 Å². The lowest BCUT2D eigenvalue weighted by molar-refractivity contribution is -0.141. The highest BCUT2D eigenvalue weighted by Crippen LogP contribution is 2.30. The van der Waals surface area contributed by atoms with Gasteiger partial charge >= 0.3 is 6.03 Å². The van der Waals surface area contributed by atoms with E-state index in [0.29, 0.717) is 0 Å². The number of nitrogens with zero attached hydrogens (tertiary/aromatic N) is 2. The maximum atomic E-state index is 14.4. The van der Waals surface area contributed by atoms with Crippen LogP contribution in [-0.2, 0) is 53.7 Å². The zero-order valence-electron chi connectivity index (χ0n) is 50.8. The molecule has 6 atom stereocenters. The first-order valence-electron chi connectivity index (χ1n) is 27.7. The van der Waals surface area contributed by atoms with Crippen LogP contribution in [-0.4, -0.2) is 148 Å². The number of sulfonamides is 1. The Labute approximate surface area is 485 Å². The van der Waals surface area contributed by atoms with E-state index in [1.54, 1.807) is 27.9 Å². The number of rotatable bonds is 30. The van der Waals surface area contributed by atoms with Crippen molar-refractivity contribution in [3.8, 4) is 0 Å². The number of benzene rings is 2. The van der Waals surface area contributed by atoms with Crippen LogP contribution in [0.2, 0.25) is 0 Å². The molecule has 23 heteroatoms. The number of aliphatic hydroxyl groups excluding tert-OH is 1. The molecule has 2 aromatic rings. The fourth-order valence-electron chi connectivity index (χ4n) is 9.44. The van der Waals surface area contributed by atoms with E-state index in [-0.39, 0.29) is 79.5 Å². The third-order valence-electron chi connectivity index (χ3n) is 14.2. The van der Waals surface area contributed by atoms with Crippen molar-refractivity contribution in [2.24, 2.45) is 33.8 Å². The zero-order chi connectivity index (χ0) is 62.3. The summed E-state index contributed by atoms with van der Waals surface area (Å²) in [4.78, 5) is 109. The number of carbonyl (C=O) groups excluding carboxylic acids is 8. The van der Waals surface area contributed by atoms with Gasteiger partial charge in [0, 0.05) is 54.7 Å². The first-order chi connectivity index (χ1) is 37.8. The van der Waals surface area contributed by atoms with E-state index in [1.165, 1.54) is 59.2 Å². The van der Waals surface area contributed by atoms with E-state index < -0.39 is 110 Å². The van der Waals surface area contributed by atoms with Gasteiger partial charge in [0.1, 0.15) is 24.4 Å². The Bertz CT molecular complexity index is 2740. The zero-order valence-corrected chi connectivity index (χ0v) is 51.6. The Morgan fingerprint density at radius 2 is 1.40 bits per heavy atom. The molecule has 1 heterocycles. The maximum Gasteiger partial charge on any atom is 0.312 e. The van der Waals surface area contributed by atoms with Gasteiger partial charge in [-0.15, -0.1) is 0 Å². The van der Waals surface area contributed by atoms with E-state index in [0.717, 1.165) is 5.56 Å². The molecule has 22 nitrogen and oxygen atoms in total. The Kier molecular flexibility index (Phi) is 25.0. The molecule has 0 radical (unpaired) electrons. The van der Waals surface area contributed by atoms with Crippen molar-refractivity contribution in [1.82, 2.24) is 41.1 Å². The molecule has 1 aliphatic rings. The van der Waals surface area contributed by atoms with Crippen molar-refractivity contribution >= 4 is 63.1 Å². The lowest BCUT2D eigenvalue weighted by Crippen LogP contribution is -2.61. The summed E-state index contributed by atoms with van der Waals surface area (Å²) in [6.45, 7) is 26.1. The third kappa shape index (κ3) is 20.6. The molecule has 0 aliphatic carbocycles. The van der Waals surface area contributed by atoms with Gasteiger partial charge in [0.05, 0.1) is 30.2 Å². The van der Waals surface area contributed by atoms with E-state index in [1.807, 2.05) is 106 Å². The molecule has 1 unspecified atom stereocenters. The van der Waals surface area contributed by atoms with Crippen molar-refractivity contribution < 1.29 is 56.6 Å². The number of hydrogen-bond donors (Lipinski definition) is 9. The average Bonchev–Trinajstić information content (AvgIpc) is 3.64. The summed E-state index contributed by atoms with van der Waals surface area (Å²) in [6.07, 6.45) is 3.42. The van der Waals surface area contributed by atoms with E-state index in [2.05, 4.69) is 36.6 Å². The Morgan fingerprint density at radius 1 is 0.805 bits per heavy atom. The number of nitrogens with two attached hydrogens (primary N) is 1. The van der Waals surface area contributed by atoms with Crippen molar-refractivity contribution in [3.63, 3.8) is 0 Å². The molecule has 9 amide bonds. The Morgan fingerprint density at radius 3 is 1.93 bits per heavy atom. The highest BCUT2D eigenvalue weighted by atomic mass is 32.2. The molecule has 0 bridgehead atoms. The molecule has 3 rings (SSSR count). The van der Waals surface area contributed by atoms with Crippen LogP contribution in [0.5, 0.6) is 0 Å². The number of likely N-dealkylation sites (N-methyl/N-ethyl adjacent to an activating group) is 2. The smallest absolute Gasteiger partial charge is 0.312 e. The second kappa shape index (κ2) is 29.5. The summed E-state index contributed by atoms with van der Waals surface area (Å²) in [5, 5.41) is 26.9. The number of anilines is 1. The summed E-state index contributed by atoms with van der Waals surface area (Å²) in [5.74, 6) is -4.53. The normalized spacial score (nSPS) is 16.2. The molecular weight excluding hydrogens is 1070 g/mol. The number of nitrogens with one attached hydrogen (secondary N) is 7. The standard InChI is InChI=1S/C59H92N10O12S/c1-36(2)43(68(16)54(77)49(56(6,7)8)66-53(76)48(61-15)59(13,14)39-21-18-17-19-22-39)31-38(5)50(73)67-82(79,80)41-26-24-40(25-27-41)63-51(74)42(23-20-30-62-55(60)78)64-52(75)47(37(3)4)65-44(70)32-57(9,10)34-81-35-58(11,12)33-69-45(71)28-29-46(69)72/h17-19,21-22,24-29,31,36-37,42-43,45,47-49,61,71H,20,23,30,32-35H2,1-16H3,(H,63,74)(H,64,75)(H,65,70)(H,66,76)(H,67,73)(H3,60,62,78)/b38-31+/t42-,43+,45?,47-,48+,49+/m0/s1. The monoisotopic (exact) mass is 1160 g/mol. The lowest BCUT2D eigenvalue weighted by Gasteiger charge is -2.40. The molecule has 1 aliphatic heterocycles. The van der Waals surface area contributed by atoms with E-state index in [4.69, 9.17) is 10.5 Å². The number of amides is 9. The highest BCUT2D eigenvalue weighted by Gasteiger charge is 2.42. The van der Waals surface area contributed by atoms with Crippen LogP contribution in [0.15, 0.2) is 83.3 Å². The van der Waals surface area contributed by atoms with E-state index in [9.17, 15) is 51.9 Å². The van der Waals surface area contributed by atoms with Gasteiger partial charge in [0.15, 0.2) is 0 Å². The van der Waals surface area contributed by atoms with Gasteiger partial charge in [-0.05, 0) is 85.4 Å². The van der Waals surface area contributed by atoms with Gasteiger partial charge in [0.2, 0.25) is 35.4 Å². The molecule has 10 N–H and O–H groups in total. The van der Waals surface area contributed by atoms with Crippen LogP contribution in [0, 0.1) is 28.1 Å².